The number of nitrogens with two attached hydrogens (primary N) is 1. The zero-order valence-electron chi connectivity index (χ0n) is 18.6. The third-order valence-corrected chi connectivity index (χ3v) is 6.38. The van der Waals surface area contributed by atoms with Crippen LogP contribution in [0.1, 0.15) is 60.6 Å². The molecule has 3 aromatic rings. The molecule has 1 aliphatic carbocycles. The van der Waals surface area contributed by atoms with E-state index in [9.17, 15) is 18.0 Å². The summed E-state index contributed by atoms with van der Waals surface area (Å²) in [5.41, 5.74) is 6.12. The fraction of sp³-hybridized carbons (Fsp3) is 0.346. The molecule has 3 atom stereocenters. The van der Waals surface area contributed by atoms with Crippen LogP contribution >= 0.6 is 0 Å². The number of aromatic nitrogens is 2. The molecule has 1 aromatic carbocycles. The minimum absolute atomic E-state index is 0.0372. The molecule has 1 aliphatic rings. The van der Waals surface area contributed by atoms with Gasteiger partial charge in [-0.2, -0.15) is 0 Å². The Morgan fingerprint density at radius 2 is 1.70 bits per heavy atom. The van der Waals surface area contributed by atoms with Gasteiger partial charge in [0.2, 0.25) is 0 Å². The van der Waals surface area contributed by atoms with Gasteiger partial charge >= 0.3 is 0 Å². The van der Waals surface area contributed by atoms with E-state index in [2.05, 4.69) is 23.8 Å². The van der Waals surface area contributed by atoms with E-state index in [1.54, 1.807) is 12.4 Å². The van der Waals surface area contributed by atoms with E-state index in [4.69, 9.17) is 5.73 Å². The molecule has 0 bridgehead atoms. The van der Waals surface area contributed by atoms with Gasteiger partial charge in [0.05, 0.1) is 11.3 Å². The van der Waals surface area contributed by atoms with Gasteiger partial charge in [0, 0.05) is 24.9 Å². The largest absolute Gasteiger partial charge is 0.397 e. The molecule has 2 N–H and O–H groups in total. The van der Waals surface area contributed by atoms with Gasteiger partial charge in [-0.15, -0.1) is 0 Å². The molecule has 0 aliphatic heterocycles. The van der Waals surface area contributed by atoms with E-state index in [0.29, 0.717) is 17.8 Å². The highest BCUT2D eigenvalue weighted by molar-refractivity contribution is 6.00. The van der Waals surface area contributed by atoms with Gasteiger partial charge in [-0.25, -0.2) is 18.2 Å². The lowest BCUT2D eigenvalue weighted by atomic mass is 9.73. The number of anilines is 1. The van der Waals surface area contributed by atoms with Gasteiger partial charge in [0.25, 0.3) is 0 Å². The highest BCUT2D eigenvalue weighted by atomic mass is 19.1. The van der Waals surface area contributed by atoms with Crippen molar-refractivity contribution in [3.05, 3.63) is 77.0 Å². The molecular weight excluding hydrogens is 427 g/mol. The first kappa shape index (κ1) is 23.0. The third-order valence-electron chi connectivity index (χ3n) is 6.38. The lowest BCUT2D eigenvalue weighted by Gasteiger charge is -2.32. The first-order chi connectivity index (χ1) is 15.7. The highest BCUT2D eigenvalue weighted by Gasteiger charge is 2.28. The van der Waals surface area contributed by atoms with Crippen molar-refractivity contribution >= 4 is 11.5 Å². The van der Waals surface area contributed by atoms with Crippen molar-refractivity contribution in [3.63, 3.8) is 0 Å². The van der Waals surface area contributed by atoms with Crippen molar-refractivity contribution in [2.75, 3.05) is 5.73 Å². The average Bonchev–Trinajstić information content (AvgIpc) is 2.74. The predicted octanol–water partition coefficient (Wildman–Crippen LogP) is 6.11. The number of ketones is 1. The van der Waals surface area contributed by atoms with E-state index >= 15 is 0 Å². The second-order valence-corrected chi connectivity index (χ2v) is 9.14. The molecule has 2 aromatic heterocycles. The van der Waals surface area contributed by atoms with Crippen LogP contribution in [0.4, 0.5) is 18.9 Å². The van der Waals surface area contributed by atoms with Crippen LogP contribution in [-0.2, 0) is 6.42 Å². The van der Waals surface area contributed by atoms with Crippen LogP contribution in [-0.4, -0.2) is 15.8 Å². The standard InChI is InChI=1S/C26H26F3N3O/c1-14-8-15(2)10-16(9-14)18-6-7-31-13-17(18)11-23(33)26-22(30)12-21(29)25(32-26)24-19(27)4-3-5-20(24)28/h3-7,12-16H,8-11,30H2,1-2H3/t14-,15+,16?. The molecule has 1 unspecified atom stereocenters. The number of Topliss-reactive ketones (excluding diaryl/α,β-unsaturated/α-hetero) is 1. The van der Waals surface area contributed by atoms with Crippen LogP contribution < -0.4 is 5.73 Å². The van der Waals surface area contributed by atoms with Crippen molar-refractivity contribution in [2.24, 2.45) is 11.8 Å². The molecule has 1 saturated carbocycles. The van der Waals surface area contributed by atoms with Crippen LogP contribution in [0.5, 0.6) is 0 Å². The summed E-state index contributed by atoms with van der Waals surface area (Å²) in [7, 11) is 0. The lowest BCUT2D eigenvalue weighted by Crippen LogP contribution is -2.20. The minimum Gasteiger partial charge on any atom is -0.397 e. The zero-order valence-corrected chi connectivity index (χ0v) is 18.6. The van der Waals surface area contributed by atoms with Gasteiger partial charge in [-0.3, -0.25) is 9.78 Å². The third kappa shape index (κ3) is 4.77. The van der Waals surface area contributed by atoms with Crippen molar-refractivity contribution in [1.82, 2.24) is 9.97 Å². The summed E-state index contributed by atoms with van der Waals surface area (Å²) < 4.78 is 43.0. The first-order valence-electron chi connectivity index (χ1n) is 11.1. The van der Waals surface area contributed by atoms with Gasteiger partial charge in [0.15, 0.2) is 11.6 Å². The predicted molar refractivity (Wildman–Crippen MR) is 121 cm³/mol. The summed E-state index contributed by atoms with van der Waals surface area (Å²) >= 11 is 0. The zero-order chi connectivity index (χ0) is 23.7. The second-order valence-electron chi connectivity index (χ2n) is 9.14. The maximum Gasteiger partial charge on any atom is 0.187 e. The number of nitrogen functional groups attached to an aromatic ring is 1. The smallest absolute Gasteiger partial charge is 0.187 e. The number of hydrogen-bond acceptors (Lipinski definition) is 4. The van der Waals surface area contributed by atoms with Gasteiger partial charge in [-0.05, 0) is 66.3 Å². The number of rotatable bonds is 5. The molecule has 0 spiro atoms. The summed E-state index contributed by atoms with van der Waals surface area (Å²) in [6.45, 7) is 4.47. The highest BCUT2D eigenvalue weighted by Crippen LogP contribution is 2.40. The van der Waals surface area contributed by atoms with Gasteiger partial charge in [0.1, 0.15) is 23.0 Å². The van der Waals surface area contributed by atoms with E-state index in [1.807, 2.05) is 6.07 Å². The fourth-order valence-corrected chi connectivity index (χ4v) is 5.07. The van der Waals surface area contributed by atoms with Gasteiger partial charge in [-0.1, -0.05) is 19.9 Å². The van der Waals surface area contributed by atoms with E-state index < -0.39 is 34.5 Å². The summed E-state index contributed by atoms with van der Waals surface area (Å²) in [6.07, 6.45) is 6.59. The molecule has 4 rings (SSSR count). The molecular formula is C26H26F3N3O. The van der Waals surface area contributed by atoms with E-state index in [1.165, 1.54) is 12.5 Å². The number of benzene rings is 1. The Bertz CT molecular complexity index is 1170. The van der Waals surface area contributed by atoms with Crippen molar-refractivity contribution < 1.29 is 18.0 Å². The van der Waals surface area contributed by atoms with Crippen molar-refractivity contribution in [3.8, 4) is 11.3 Å². The monoisotopic (exact) mass is 453 g/mol. The molecule has 172 valence electrons. The Hall–Kier alpha value is -3.22. The Balaban J connectivity index is 1.68. The summed E-state index contributed by atoms with van der Waals surface area (Å²) in [4.78, 5) is 21.3. The quantitative estimate of drug-likeness (QED) is 0.474. The Labute approximate surface area is 191 Å². The van der Waals surface area contributed by atoms with Crippen LogP contribution in [0.3, 0.4) is 0 Å². The van der Waals surface area contributed by atoms with Crippen molar-refractivity contribution in [1.29, 1.82) is 0 Å². The second kappa shape index (κ2) is 9.33. The number of carbonyl (C=O) groups excluding carboxylic acids is 1. The normalized spacial score (nSPS) is 20.6. The molecule has 4 nitrogen and oxygen atoms in total. The average molecular weight is 454 g/mol. The van der Waals surface area contributed by atoms with E-state index in [-0.39, 0.29) is 17.8 Å². The number of carbonyl (C=O) groups is 1. The van der Waals surface area contributed by atoms with Crippen LogP contribution in [0.25, 0.3) is 11.3 Å². The number of pyridine rings is 2. The number of hydrogen-bond donors (Lipinski definition) is 1. The first-order valence-corrected chi connectivity index (χ1v) is 11.1. The Morgan fingerprint density at radius 3 is 2.36 bits per heavy atom. The SMILES string of the molecule is C[C@@H]1CC(c2ccncc2CC(=O)c2nc(-c3c(F)cccc3F)c(F)cc2N)C[C@H](C)C1. The Morgan fingerprint density at radius 1 is 1.03 bits per heavy atom. The van der Waals surface area contributed by atoms with Crippen LogP contribution in [0, 0.1) is 29.3 Å². The fourth-order valence-electron chi connectivity index (χ4n) is 5.07. The topological polar surface area (TPSA) is 68.9 Å². The molecule has 0 saturated heterocycles. The van der Waals surface area contributed by atoms with Crippen LogP contribution in [0.15, 0.2) is 42.7 Å². The summed E-state index contributed by atoms with van der Waals surface area (Å²) in [6, 6.07) is 6.01. The molecule has 1 fully saturated rings. The number of nitrogens with zero attached hydrogens (tertiary/aromatic N) is 2. The molecule has 0 radical (unpaired) electrons. The van der Waals surface area contributed by atoms with E-state index in [0.717, 1.165) is 42.2 Å². The van der Waals surface area contributed by atoms with Crippen LogP contribution in [0.2, 0.25) is 0 Å². The lowest BCUT2D eigenvalue weighted by molar-refractivity contribution is 0.0988. The minimum atomic E-state index is -1.000. The molecule has 7 heteroatoms. The molecule has 0 amide bonds. The maximum absolute atomic E-state index is 14.5. The van der Waals surface area contributed by atoms with Crippen molar-refractivity contribution in [2.45, 2.75) is 45.4 Å². The van der Waals surface area contributed by atoms with Gasteiger partial charge < -0.3 is 5.73 Å². The summed E-state index contributed by atoms with van der Waals surface area (Å²) in [5, 5.41) is 0. The summed E-state index contributed by atoms with van der Waals surface area (Å²) in [5.74, 6) is -1.92. The molecule has 33 heavy (non-hydrogen) atoms. The number of halogens is 3. The Kier molecular flexibility index (Phi) is 6.49. The maximum atomic E-state index is 14.5. The molecule has 2 heterocycles.